The molecule has 0 aromatic heterocycles. The Labute approximate surface area is 130 Å². The van der Waals surface area contributed by atoms with Crippen LogP contribution in [0.4, 0.5) is 8.78 Å². The molecule has 5 heteroatoms. The van der Waals surface area contributed by atoms with Crippen LogP contribution in [-0.4, -0.2) is 0 Å². The van der Waals surface area contributed by atoms with Crippen molar-refractivity contribution in [2.24, 2.45) is 5.73 Å². The van der Waals surface area contributed by atoms with Crippen molar-refractivity contribution in [1.29, 1.82) is 0 Å². The third-order valence-electron chi connectivity index (χ3n) is 3.65. The van der Waals surface area contributed by atoms with Crippen LogP contribution in [-0.2, 0) is 0 Å². The molecule has 2 nitrogen and oxygen atoms in total. The lowest BCUT2D eigenvalue weighted by Gasteiger charge is -2.31. The van der Waals surface area contributed by atoms with Gasteiger partial charge in [0.2, 0.25) is 0 Å². The highest BCUT2D eigenvalue weighted by molar-refractivity contribution is 9.10. The van der Waals surface area contributed by atoms with Crippen LogP contribution in [0, 0.1) is 0 Å². The molecule has 2 unspecified atom stereocenters. The summed E-state index contributed by atoms with van der Waals surface area (Å²) in [5, 5.41) is 0. The Morgan fingerprint density at radius 2 is 2.00 bits per heavy atom. The number of rotatable bonds is 2. The van der Waals surface area contributed by atoms with Crippen LogP contribution in [0.5, 0.6) is 5.75 Å². The summed E-state index contributed by atoms with van der Waals surface area (Å²) in [6.45, 7) is 0. The van der Waals surface area contributed by atoms with Crippen molar-refractivity contribution in [3.63, 3.8) is 0 Å². The molecule has 0 amide bonds. The number of benzene rings is 2. The summed E-state index contributed by atoms with van der Waals surface area (Å²) in [6.07, 6.45) is -2.22. The monoisotopic (exact) mass is 353 g/mol. The first-order valence-electron chi connectivity index (χ1n) is 6.64. The topological polar surface area (TPSA) is 35.2 Å². The van der Waals surface area contributed by atoms with Gasteiger partial charge in [-0.05, 0) is 23.8 Å². The average molecular weight is 354 g/mol. The fraction of sp³-hybridized carbons (Fsp3) is 0.250. The van der Waals surface area contributed by atoms with E-state index in [1.807, 2.05) is 18.2 Å². The molecular formula is C16H14BrF2NO. The second-order valence-electron chi connectivity index (χ2n) is 5.10. The molecule has 2 aromatic rings. The maximum absolute atomic E-state index is 12.8. The Balaban J connectivity index is 1.93. The summed E-state index contributed by atoms with van der Waals surface area (Å²) in [7, 11) is 0. The third kappa shape index (κ3) is 2.94. The van der Waals surface area contributed by atoms with Gasteiger partial charge >= 0.3 is 0 Å². The molecule has 0 fully saturated rings. The van der Waals surface area contributed by atoms with Gasteiger partial charge in [-0.25, -0.2) is 8.78 Å². The van der Waals surface area contributed by atoms with E-state index in [1.54, 1.807) is 12.1 Å². The highest BCUT2D eigenvalue weighted by Gasteiger charge is 2.27. The molecule has 1 heterocycles. The van der Waals surface area contributed by atoms with Crippen LogP contribution in [0.25, 0.3) is 0 Å². The molecule has 0 bridgehead atoms. The Kier molecular flexibility index (Phi) is 3.95. The molecule has 21 heavy (non-hydrogen) atoms. The summed E-state index contributed by atoms with van der Waals surface area (Å²) >= 11 is 3.40. The van der Waals surface area contributed by atoms with Gasteiger partial charge in [-0.1, -0.05) is 40.2 Å². The second-order valence-corrected chi connectivity index (χ2v) is 6.02. The zero-order valence-electron chi connectivity index (χ0n) is 11.1. The second kappa shape index (κ2) is 5.73. The summed E-state index contributed by atoms with van der Waals surface area (Å²) in [5.41, 5.74) is 7.86. The van der Waals surface area contributed by atoms with Gasteiger partial charge in [0.1, 0.15) is 11.9 Å². The van der Waals surface area contributed by atoms with Crippen molar-refractivity contribution in [2.75, 3.05) is 0 Å². The maximum atomic E-state index is 12.8. The first-order valence-corrected chi connectivity index (χ1v) is 7.43. The van der Waals surface area contributed by atoms with Crippen LogP contribution in [0.15, 0.2) is 46.9 Å². The molecular weight excluding hydrogens is 340 g/mol. The lowest BCUT2D eigenvalue weighted by atomic mass is 9.93. The van der Waals surface area contributed by atoms with Crippen LogP contribution in [0.3, 0.4) is 0 Å². The summed E-state index contributed by atoms with van der Waals surface area (Å²) in [6, 6.07) is 11.9. The van der Waals surface area contributed by atoms with Crippen LogP contribution in [0.1, 0.15) is 41.7 Å². The zero-order chi connectivity index (χ0) is 15.0. The van der Waals surface area contributed by atoms with Crippen molar-refractivity contribution in [3.05, 3.63) is 63.6 Å². The normalized spacial score (nSPS) is 21.0. The van der Waals surface area contributed by atoms with E-state index in [9.17, 15) is 8.78 Å². The predicted octanol–water partition coefficient (Wildman–Crippen LogP) is 4.91. The Bertz CT molecular complexity index is 662. The fourth-order valence-corrected chi connectivity index (χ4v) is 2.91. The average Bonchev–Trinajstić information content (AvgIpc) is 2.46. The number of alkyl halides is 2. The molecule has 3 rings (SSSR count). The van der Waals surface area contributed by atoms with E-state index >= 15 is 0 Å². The molecule has 0 aliphatic carbocycles. The SMILES string of the molecule is NC1CC(c2cccc(C(F)F)c2)Oc2cc(Br)ccc21. The number of ether oxygens (including phenoxy) is 1. The molecule has 2 atom stereocenters. The lowest BCUT2D eigenvalue weighted by molar-refractivity contribution is 0.148. The van der Waals surface area contributed by atoms with Crippen molar-refractivity contribution in [3.8, 4) is 5.75 Å². The molecule has 0 saturated heterocycles. The smallest absolute Gasteiger partial charge is 0.263 e. The first kappa shape index (κ1) is 14.5. The maximum Gasteiger partial charge on any atom is 0.263 e. The number of halogens is 3. The molecule has 0 radical (unpaired) electrons. The predicted molar refractivity (Wildman–Crippen MR) is 80.5 cm³/mol. The van der Waals surface area contributed by atoms with E-state index in [0.29, 0.717) is 12.2 Å². The Morgan fingerprint density at radius 1 is 1.19 bits per heavy atom. The van der Waals surface area contributed by atoms with Gasteiger partial charge in [0.25, 0.3) is 6.43 Å². The molecule has 2 aromatic carbocycles. The number of hydrogen-bond donors (Lipinski definition) is 1. The van der Waals surface area contributed by atoms with E-state index in [2.05, 4.69) is 15.9 Å². The molecule has 1 aliphatic heterocycles. The Hall–Kier alpha value is -1.46. The van der Waals surface area contributed by atoms with Gasteiger partial charge in [0, 0.05) is 28.1 Å². The molecule has 110 valence electrons. The minimum Gasteiger partial charge on any atom is -0.485 e. The van der Waals surface area contributed by atoms with Crippen LogP contribution >= 0.6 is 15.9 Å². The minimum absolute atomic E-state index is 0.00436. The number of hydrogen-bond acceptors (Lipinski definition) is 2. The van der Waals surface area contributed by atoms with Crippen molar-refractivity contribution >= 4 is 15.9 Å². The standard InChI is InChI=1S/C16H14BrF2NO/c17-11-4-5-12-13(20)8-14(21-15(12)7-11)9-2-1-3-10(6-9)16(18)19/h1-7,13-14,16H,8,20H2. The van der Waals surface area contributed by atoms with E-state index in [1.165, 1.54) is 12.1 Å². The summed E-state index contributed by atoms with van der Waals surface area (Å²) < 4.78 is 32.5. The zero-order valence-corrected chi connectivity index (χ0v) is 12.7. The largest absolute Gasteiger partial charge is 0.485 e. The van der Waals surface area contributed by atoms with Gasteiger partial charge < -0.3 is 10.5 Å². The van der Waals surface area contributed by atoms with E-state index in [-0.39, 0.29) is 17.7 Å². The van der Waals surface area contributed by atoms with E-state index in [0.717, 1.165) is 15.6 Å². The highest BCUT2D eigenvalue weighted by atomic mass is 79.9. The van der Waals surface area contributed by atoms with E-state index < -0.39 is 6.43 Å². The van der Waals surface area contributed by atoms with Crippen LogP contribution < -0.4 is 10.5 Å². The van der Waals surface area contributed by atoms with Crippen molar-refractivity contribution < 1.29 is 13.5 Å². The van der Waals surface area contributed by atoms with Crippen molar-refractivity contribution in [2.45, 2.75) is 25.0 Å². The molecule has 1 aliphatic rings. The van der Waals surface area contributed by atoms with Gasteiger partial charge in [0.15, 0.2) is 0 Å². The van der Waals surface area contributed by atoms with Gasteiger partial charge in [-0.3, -0.25) is 0 Å². The number of fused-ring (bicyclic) bond motifs is 1. The van der Waals surface area contributed by atoms with Gasteiger partial charge in [0.05, 0.1) is 0 Å². The highest BCUT2D eigenvalue weighted by Crippen LogP contribution is 2.41. The number of nitrogens with two attached hydrogens (primary N) is 1. The molecule has 0 saturated carbocycles. The summed E-state index contributed by atoms with van der Waals surface area (Å²) in [4.78, 5) is 0. The van der Waals surface area contributed by atoms with Gasteiger partial charge in [-0.2, -0.15) is 0 Å². The van der Waals surface area contributed by atoms with Crippen LogP contribution in [0.2, 0.25) is 0 Å². The first-order chi connectivity index (χ1) is 10.0. The van der Waals surface area contributed by atoms with Gasteiger partial charge in [-0.15, -0.1) is 0 Å². The quantitative estimate of drug-likeness (QED) is 0.832. The third-order valence-corrected chi connectivity index (χ3v) is 4.14. The molecule has 2 N–H and O–H groups in total. The van der Waals surface area contributed by atoms with E-state index in [4.69, 9.17) is 10.5 Å². The minimum atomic E-state index is -2.48. The lowest BCUT2D eigenvalue weighted by Crippen LogP contribution is -2.24. The fourth-order valence-electron chi connectivity index (χ4n) is 2.57. The van der Waals surface area contributed by atoms with Crippen molar-refractivity contribution in [1.82, 2.24) is 0 Å². The Morgan fingerprint density at radius 3 is 2.76 bits per heavy atom. The molecule has 0 spiro atoms. The summed E-state index contributed by atoms with van der Waals surface area (Å²) in [5.74, 6) is 0.704.